The first-order chi connectivity index (χ1) is 9.11. The number of aryl methyl sites for hydroxylation is 2. The van der Waals surface area contributed by atoms with E-state index >= 15 is 0 Å². The maximum atomic E-state index is 12.5. The van der Waals surface area contributed by atoms with Crippen molar-refractivity contribution in [1.29, 1.82) is 0 Å². The zero-order valence-corrected chi connectivity index (χ0v) is 12.0. The number of benzene rings is 1. The van der Waals surface area contributed by atoms with Crippen LogP contribution in [0, 0.1) is 12.3 Å². The molecule has 1 aliphatic rings. The average Bonchev–Trinajstić information content (AvgIpc) is 2.91. The molecule has 0 aromatic heterocycles. The van der Waals surface area contributed by atoms with E-state index in [1.807, 2.05) is 6.07 Å². The summed E-state index contributed by atoms with van der Waals surface area (Å²) in [6, 6.07) is 6.12. The van der Waals surface area contributed by atoms with Crippen molar-refractivity contribution in [2.45, 2.75) is 46.0 Å². The molecule has 1 aromatic rings. The molecule has 0 aliphatic heterocycles. The monoisotopic (exact) mass is 260 g/mol. The number of carbonyl (C=O) groups excluding carboxylic acids is 1. The lowest BCUT2D eigenvalue weighted by atomic mass is 9.85. The quantitative estimate of drug-likeness (QED) is 0.874. The second-order valence-electron chi connectivity index (χ2n) is 5.64. The molecule has 1 aliphatic carbocycles. The summed E-state index contributed by atoms with van der Waals surface area (Å²) in [4.78, 5) is 12.5. The molecular weight excluding hydrogens is 236 g/mol. The van der Waals surface area contributed by atoms with Crippen LogP contribution in [0.3, 0.4) is 0 Å². The number of hydrogen-bond donors (Lipinski definition) is 2. The van der Waals surface area contributed by atoms with E-state index < -0.39 is 0 Å². The zero-order valence-electron chi connectivity index (χ0n) is 12.0. The van der Waals surface area contributed by atoms with Gasteiger partial charge in [-0.05, 0) is 49.4 Å². The highest BCUT2D eigenvalue weighted by Crippen LogP contribution is 2.38. The summed E-state index contributed by atoms with van der Waals surface area (Å²) in [6.07, 6.45) is 5.04. The first-order valence-corrected chi connectivity index (χ1v) is 7.22. The van der Waals surface area contributed by atoms with Crippen LogP contribution in [0.1, 0.15) is 43.7 Å². The van der Waals surface area contributed by atoms with Crippen LogP contribution in [-0.4, -0.2) is 12.5 Å². The van der Waals surface area contributed by atoms with E-state index in [2.05, 4.69) is 31.3 Å². The van der Waals surface area contributed by atoms with Crippen molar-refractivity contribution in [3.8, 4) is 0 Å². The fraction of sp³-hybridized carbons (Fsp3) is 0.562. The van der Waals surface area contributed by atoms with E-state index in [0.29, 0.717) is 6.54 Å². The summed E-state index contributed by atoms with van der Waals surface area (Å²) < 4.78 is 0. The van der Waals surface area contributed by atoms with Crippen LogP contribution in [0.4, 0.5) is 5.69 Å². The van der Waals surface area contributed by atoms with Crippen LogP contribution in [0.2, 0.25) is 0 Å². The SMILES string of the molecule is CCc1cc(NC(=O)C2(CN)CCCC2)ccc1C. The largest absolute Gasteiger partial charge is 0.329 e. The fourth-order valence-electron chi connectivity index (χ4n) is 2.97. The Morgan fingerprint density at radius 2 is 2.05 bits per heavy atom. The minimum absolute atomic E-state index is 0.0957. The number of rotatable bonds is 4. The number of nitrogens with one attached hydrogen (secondary N) is 1. The van der Waals surface area contributed by atoms with Crippen molar-refractivity contribution in [1.82, 2.24) is 0 Å². The van der Waals surface area contributed by atoms with Crippen molar-refractivity contribution in [2.75, 3.05) is 11.9 Å². The summed E-state index contributed by atoms with van der Waals surface area (Å²) in [5.74, 6) is 0.0957. The molecule has 104 valence electrons. The summed E-state index contributed by atoms with van der Waals surface area (Å²) in [6.45, 7) is 4.68. The van der Waals surface area contributed by atoms with Crippen molar-refractivity contribution in [2.24, 2.45) is 11.1 Å². The fourth-order valence-corrected chi connectivity index (χ4v) is 2.97. The Bertz CT molecular complexity index is 462. The van der Waals surface area contributed by atoms with Gasteiger partial charge < -0.3 is 11.1 Å². The summed E-state index contributed by atoms with van der Waals surface area (Å²) in [7, 11) is 0. The highest BCUT2D eigenvalue weighted by molar-refractivity contribution is 5.95. The Kier molecular flexibility index (Phi) is 4.25. The summed E-state index contributed by atoms with van der Waals surface area (Å²) in [5.41, 5.74) is 8.96. The maximum Gasteiger partial charge on any atom is 0.231 e. The molecule has 0 spiro atoms. The lowest BCUT2D eigenvalue weighted by molar-refractivity contribution is -0.124. The van der Waals surface area contributed by atoms with Gasteiger partial charge in [0.15, 0.2) is 0 Å². The first kappa shape index (κ1) is 14.1. The van der Waals surface area contributed by atoms with E-state index in [0.717, 1.165) is 37.8 Å². The molecule has 0 radical (unpaired) electrons. The van der Waals surface area contributed by atoms with Gasteiger partial charge in [0.25, 0.3) is 0 Å². The van der Waals surface area contributed by atoms with Crippen molar-refractivity contribution in [3.05, 3.63) is 29.3 Å². The molecule has 0 saturated heterocycles. The molecule has 0 heterocycles. The normalized spacial score (nSPS) is 17.4. The molecule has 1 amide bonds. The summed E-state index contributed by atoms with van der Waals surface area (Å²) in [5, 5.41) is 3.06. The highest BCUT2D eigenvalue weighted by atomic mass is 16.2. The Morgan fingerprint density at radius 3 is 2.63 bits per heavy atom. The van der Waals surface area contributed by atoms with Gasteiger partial charge in [-0.15, -0.1) is 0 Å². The second-order valence-corrected chi connectivity index (χ2v) is 5.64. The molecule has 1 fully saturated rings. The number of nitrogens with two attached hydrogens (primary N) is 1. The molecule has 3 heteroatoms. The van der Waals surface area contributed by atoms with Crippen molar-refractivity contribution >= 4 is 11.6 Å². The van der Waals surface area contributed by atoms with Crippen LogP contribution in [-0.2, 0) is 11.2 Å². The minimum Gasteiger partial charge on any atom is -0.329 e. The van der Waals surface area contributed by atoms with E-state index in [9.17, 15) is 4.79 Å². The van der Waals surface area contributed by atoms with Crippen molar-refractivity contribution < 1.29 is 4.79 Å². The van der Waals surface area contributed by atoms with E-state index in [4.69, 9.17) is 5.73 Å². The lowest BCUT2D eigenvalue weighted by Crippen LogP contribution is -2.40. The van der Waals surface area contributed by atoms with E-state index in [1.54, 1.807) is 0 Å². The van der Waals surface area contributed by atoms with Crippen molar-refractivity contribution in [3.63, 3.8) is 0 Å². The van der Waals surface area contributed by atoms with E-state index in [1.165, 1.54) is 11.1 Å². The third kappa shape index (κ3) is 2.81. The van der Waals surface area contributed by atoms with Gasteiger partial charge in [0, 0.05) is 12.2 Å². The molecule has 0 atom stereocenters. The number of carbonyl (C=O) groups is 1. The molecule has 0 bridgehead atoms. The van der Waals surface area contributed by atoms with Gasteiger partial charge in [-0.2, -0.15) is 0 Å². The zero-order chi connectivity index (χ0) is 13.9. The number of amides is 1. The molecule has 1 aromatic carbocycles. The number of hydrogen-bond acceptors (Lipinski definition) is 2. The van der Waals surface area contributed by atoms with Gasteiger partial charge in [0.05, 0.1) is 5.41 Å². The predicted molar refractivity (Wildman–Crippen MR) is 79.1 cm³/mol. The Morgan fingerprint density at radius 1 is 1.37 bits per heavy atom. The standard InChI is InChI=1S/C16H24N2O/c1-3-13-10-14(7-6-12(13)2)18-15(19)16(11-17)8-4-5-9-16/h6-7,10H,3-5,8-9,11,17H2,1-2H3,(H,18,19). The summed E-state index contributed by atoms with van der Waals surface area (Å²) >= 11 is 0. The first-order valence-electron chi connectivity index (χ1n) is 7.22. The third-order valence-corrected chi connectivity index (χ3v) is 4.42. The number of anilines is 1. The molecule has 19 heavy (non-hydrogen) atoms. The van der Waals surface area contributed by atoms with Crippen LogP contribution in [0.25, 0.3) is 0 Å². The third-order valence-electron chi connectivity index (χ3n) is 4.42. The Balaban J connectivity index is 2.14. The Labute approximate surface area is 115 Å². The van der Waals surface area contributed by atoms with Crippen LogP contribution in [0.5, 0.6) is 0 Å². The highest BCUT2D eigenvalue weighted by Gasteiger charge is 2.39. The van der Waals surface area contributed by atoms with Crippen LogP contribution >= 0.6 is 0 Å². The van der Waals surface area contributed by atoms with Gasteiger partial charge in [0.1, 0.15) is 0 Å². The van der Waals surface area contributed by atoms with Crippen LogP contribution < -0.4 is 11.1 Å². The van der Waals surface area contributed by atoms with Crippen LogP contribution in [0.15, 0.2) is 18.2 Å². The van der Waals surface area contributed by atoms with Gasteiger partial charge in [-0.25, -0.2) is 0 Å². The molecule has 0 unspecified atom stereocenters. The van der Waals surface area contributed by atoms with Gasteiger partial charge in [0.2, 0.25) is 5.91 Å². The topological polar surface area (TPSA) is 55.1 Å². The molecular formula is C16H24N2O. The molecule has 1 saturated carbocycles. The van der Waals surface area contributed by atoms with Gasteiger partial charge >= 0.3 is 0 Å². The maximum absolute atomic E-state index is 12.5. The average molecular weight is 260 g/mol. The molecule has 2 rings (SSSR count). The molecule has 3 N–H and O–H groups in total. The van der Waals surface area contributed by atoms with E-state index in [-0.39, 0.29) is 11.3 Å². The van der Waals surface area contributed by atoms with Gasteiger partial charge in [-0.3, -0.25) is 4.79 Å². The molecule has 3 nitrogen and oxygen atoms in total. The second kappa shape index (κ2) is 5.74. The van der Waals surface area contributed by atoms with Gasteiger partial charge in [-0.1, -0.05) is 25.8 Å². The smallest absolute Gasteiger partial charge is 0.231 e. The predicted octanol–water partition coefficient (Wildman–Crippen LogP) is 3.02. The Hall–Kier alpha value is -1.35. The lowest BCUT2D eigenvalue weighted by Gasteiger charge is -2.25. The minimum atomic E-state index is -0.336.